The van der Waals surface area contributed by atoms with Crippen molar-refractivity contribution in [2.24, 2.45) is 22.6 Å². The van der Waals surface area contributed by atoms with Gasteiger partial charge in [0.05, 0.1) is 5.56 Å². The molecule has 4 rings (SSSR count). The second-order valence-corrected chi connectivity index (χ2v) is 11.0. The molecule has 3 aliphatic rings. The van der Waals surface area contributed by atoms with Gasteiger partial charge in [0.1, 0.15) is 5.54 Å². The minimum absolute atomic E-state index is 0.0434. The van der Waals surface area contributed by atoms with E-state index in [1.54, 1.807) is 7.05 Å². The lowest BCUT2D eigenvalue weighted by molar-refractivity contribution is -0.137. The van der Waals surface area contributed by atoms with Crippen molar-refractivity contribution in [2.45, 2.75) is 94.8 Å². The highest BCUT2D eigenvalue weighted by Gasteiger charge is 2.48. The van der Waals surface area contributed by atoms with Gasteiger partial charge >= 0.3 is 12.2 Å². The Morgan fingerprint density at radius 1 is 1.14 bits per heavy atom. The Morgan fingerprint density at radius 2 is 1.86 bits per heavy atom. The number of alkyl halides is 3. The summed E-state index contributed by atoms with van der Waals surface area (Å²) in [6.07, 6.45) is 7.24. The summed E-state index contributed by atoms with van der Waals surface area (Å²) in [5, 5.41) is 5.44. The zero-order valence-electron chi connectivity index (χ0n) is 21.4. The minimum Gasteiger partial charge on any atom is -0.369 e. The van der Waals surface area contributed by atoms with E-state index in [0.717, 1.165) is 37.8 Å². The van der Waals surface area contributed by atoms with Crippen LogP contribution in [0.2, 0.25) is 0 Å². The maximum atomic E-state index is 13.3. The molecule has 204 valence electrons. The Bertz CT molecular complexity index is 1010. The lowest BCUT2D eigenvalue weighted by Crippen LogP contribution is -2.45. The van der Waals surface area contributed by atoms with Crippen LogP contribution in [-0.4, -0.2) is 41.4 Å². The first kappa shape index (κ1) is 27.3. The molecule has 0 radical (unpaired) electrons. The van der Waals surface area contributed by atoms with Gasteiger partial charge in [-0.05, 0) is 62.1 Å². The maximum absolute atomic E-state index is 13.3. The van der Waals surface area contributed by atoms with E-state index in [-0.39, 0.29) is 29.5 Å². The van der Waals surface area contributed by atoms with E-state index in [2.05, 4.69) is 10.6 Å². The van der Waals surface area contributed by atoms with E-state index in [9.17, 15) is 22.8 Å². The number of carbonyl (C=O) groups is 2. The zero-order chi connectivity index (χ0) is 26.6. The SMILES string of the molecule is CN1C(=O)[C@@](CCC2CCCCC2)(C[C@H]2CCC[C@@H](NC(=O)Nc3cccc(C(F)(F)F)c3)C2)N=C1N. The van der Waals surface area contributed by atoms with E-state index in [4.69, 9.17) is 10.7 Å². The Morgan fingerprint density at radius 3 is 2.54 bits per heavy atom. The number of amides is 3. The summed E-state index contributed by atoms with van der Waals surface area (Å²) in [5.41, 5.74) is 4.51. The summed E-state index contributed by atoms with van der Waals surface area (Å²) in [6, 6.07) is 3.93. The summed E-state index contributed by atoms with van der Waals surface area (Å²) < 4.78 is 39.0. The van der Waals surface area contributed by atoms with Crippen LogP contribution in [0.1, 0.15) is 82.6 Å². The van der Waals surface area contributed by atoms with E-state index >= 15 is 0 Å². The van der Waals surface area contributed by atoms with Gasteiger partial charge in [-0.25, -0.2) is 9.79 Å². The lowest BCUT2D eigenvalue weighted by atomic mass is 9.74. The zero-order valence-corrected chi connectivity index (χ0v) is 21.4. The van der Waals surface area contributed by atoms with Crippen LogP contribution in [0, 0.1) is 11.8 Å². The minimum atomic E-state index is -4.48. The van der Waals surface area contributed by atoms with Gasteiger partial charge in [-0.1, -0.05) is 51.0 Å². The number of hydrogen-bond acceptors (Lipinski definition) is 4. The number of nitrogens with two attached hydrogens (primary N) is 1. The summed E-state index contributed by atoms with van der Waals surface area (Å²) in [6.45, 7) is 0. The molecule has 0 unspecified atom stereocenters. The standard InChI is InChI=1S/C27H38F3N5O2/c1-35-23(36)26(34-24(35)31,14-13-18-7-3-2-4-8-18)17-19-9-5-11-21(15-19)32-25(37)33-22-12-6-10-20(16-22)27(28,29)30/h6,10,12,16,18-19,21H,2-5,7-9,11,13-15,17H2,1H3,(H2,31,34)(H2,32,33,37)/t19-,21+,26+/m0/s1. The van der Waals surface area contributed by atoms with Gasteiger partial charge in [-0.15, -0.1) is 0 Å². The largest absolute Gasteiger partial charge is 0.416 e. The van der Waals surface area contributed by atoms with Crippen LogP contribution < -0.4 is 16.4 Å². The topological polar surface area (TPSA) is 99.8 Å². The number of rotatable bonds is 7. The molecule has 7 nitrogen and oxygen atoms in total. The van der Waals surface area contributed by atoms with Crippen molar-refractivity contribution in [2.75, 3.05) is 12.4 Å². The highest BCUT2D eigenvalue weighted by atomic mass is 19.4. The van der Waals surface area contributed by atoms with E-state index in [0.29, 0.717) is 25.2 Å². The molecule has 0 bridgehead atoms. The number of aliphatic imine (C=N–C) groups is 1. The number of carbonyl (C=O) groups excluding carboxylic acids is 2. The average Bonchev–Trinajstić information content (AvgIpc) is 3.06. The molecular weight excluding hydrogens is 483 g/mol. The van der Waals surface area contributed by atoms with Crippen molar-refractivity contribution in [1.29, 1.82) is 0 Å². The first-order valence-corrected chi connectivity index (χ1v) is 13.4. The van der Waals surface area contributed by atoms with Gasteiger partial charge in [0.15, 0.2) is 5.96 Å². The molecule has 1 aromatic carbocycles. The number of halogens is 3. The Labute approximate surface area is 216 Å². The van der Waals surface area contributed by atoms with Crippen LogP contribution >= 0.6 is 0 Å². The van der Waals surface area contributed by atoms with Crippen LogP contribution in [0.15, 0.2) is 29.3 Å². The molecule has 10 heteroatoms. The number of guanidine groups is 1. The second kappa shape index (κ2) is 11.3. The van der Waals surface area contributed by atoms with Crippen molar-refractivity contribution < 1.29 is 22.8 Å². The second-order valence-electron chi connectivity index (χ2n) is 11.0. The first-order chi connectivity index (χ1) is 17.6. The van der Waals surface area contributed by atoms with Gasteiger partial charge in [-0.3, -0.25) is 9.69 Å². The van der Waals surface area contributed by atoms with E-state index < -0.39 is 23.3 Å². The molecule has 0 aromatic heterocycles. The predicted octanol–water partition coefficient (Wildman–Crippen LogP) is 5.66. The fourth-order valence-corrected chi connectivity index (χ4v) is 6.29. The number of benzene rings is 1. The molecule has 2 saturated carbocycles. The van der Waals surface area contributed by atoms with Gasteiger partial charge in [0.2, 0.25) is 0 Å². The third kappa shape index (κ3) is 6.76. The molecule has 2 fully saturated rings. The molecule has 1 heterocycles. The van der Waals surface area contributed by atoms with Crippen LogP contribution in [-0.2, 0) is 11.0 Å². The van der Waals surface area contributed by atoms with Crippen LogP contribution in [0.4, 0.5) is 23.7 Å². The number of likely N-dealkylation sites (N-methyl/N-ethyl adjacent to an activating group) is 1. The molecule has 2 aliphatic carbocycles. The smallest absolute Gasteiger partial charge is 0.369 e. The van der Waals surface area contributed by atoms with Crippen LogP contribution in [0.5, 0.6) is 0 Å². The van der Waals surface area contributed by atoms with Gasteiger partial charge in [0, 0.05) is 18.8 Å². The van der Waals surface area contributed by atoms with Crippen molar-refractivity contribution in [3.63, 3.8) is 0 Å². The van der Waals surface area contributed by atoms with Crippen molar-refractivity contribution in [3.05, 3.63) is 29.8 Å². The Hall–Kier alpha value is -2.78. The molecule has 37 heavy (non-hydrogen) atoms. The van der Waals surface area contributed by atoms with Crippen LogP contribution in [0.3, 0.4) is 0 Å². The molecule has 1 aliphatic heterocycles. The number of nitrogens with zero attached hydrogens (tertiary/aromatic N) is 2. The van der Waals surface area contributed by atoms with Gasteiger partial charge < -0.3 is 16.4 Å². The van der Waals surface area contributed by atoms with Crippen LogP contribution in [0.25, 0.3) is 0 Å². The third-order valence-electron chi connectivity index (χ3n) is 8.26. The maximum Gasteiger partial charge on any atom is 0.416 e. The molecule has 4 N–H and O–H groups in total. The van der Waals surface area contributed by atoms with Gasteiger partial charge in [0.25, 0.3) is 5.91 Å². The summed E-state index contributed by atoms with van der Waals surface area (Å²) in [7, 11) is 1.67. The molecule has 0 spiro atoms. The summed E-state index contributed by atoms with van der Waals surface area (Å²) in [4.78, 5) is 32.1. The predicted molar refractivity (Wildman–Crippen MR) is 137 cm³/mol. The molecule has 3 atom stereocenters. The highest BCUT2D eigenvalue weighted by molar-refractivity contribution is 6.06. The molecular formula is C27H38F3N5O2. The number of nitrogens with one attached hydrogen (secondary N) is 2. The van der Waals surface area contributed by atoms with Crippen molar-refractivity contribution >= 4 is 23.6 Å². The fraction of sp³-hybridized carbons (Fsp3) is 0.667. The van der Waals surface area contributed by atoms with E-state index in [1.165, 1.54) is 49.1 Å². The van der Waals surface area contributed by atoms with Gasteiger partial charge in [-0.2, -0.15) is 13.2 Å². The normalized spacial score (nSPS) is 27.2. The fourth-order valence-electron chi connectivity index (χ4n) is 6.29. The van der Waals surface area contributed by atoms with Crippen molar-refractivity contribution in [3.8, 4) is 0 Å². The average molecular weight is 522 g/mol. The Kier molecular flexibility index (Phi) is 8.33. The van der Waals surface area contributed by atoms with Crippen molar-refractivity contribution in [1.82, 2.24) is 10.2 Å². The number of hydrogen-bond donors (Lipinski definition) is 3. The number of urea groups is 1. The molecule has 3 amide bonds. The summed E-state index contributed by atoms with van der Waals surface area (Å²) >= 11 is 0. The first-order valence-electron chi connectivity index (χ1n) is 13.4. The lowest BCUT2D eigenvalue weighted by Gasteiger charge is -2.35. The quantitative estimate of drug-likeness (QED) is 0.432. The Balaban J connectivity index is 1.36. The molecule has 0 saturated heterocycles. The monoisotopic (exact) mass is 521 g/mol. The highest BCUT2D eigenvalue weighted by Crippen LogP contribution is 2.40. The van der Waals surface area contributed by atoms with E-state index in [1.807, 2.05) is 0 Å². The third-order valence-corrected chi connectivity index (χ3v) is 8.26. The number of anilines is 1. The summed E-state index contributed by atoms with van der Waals surface area (Å²) in [5.74, 6) is 1.03. The molecule has 1 aromatic rings.